The highest BCUT2D eigenvalue weighted by Gasteiger charge is 2.42. The molecule has 4 fully saturated rings. The standard InChI is InChI=1S/C29H35N5O3/c1-16(17-2-3-17)32-25-12-19(6-10-24(25)28(30)36)29(37)33-21-13-22-8-9-23(14-21)34(22)26-11-7-20(15-31-26)27(35)18-4-5-18/h6-7,10-12,15-18,21-23,32H,2-5,8-9,13-14H2,1H3,(H2,30,36)(H,33,37). The second-order valence-corrected chi connectivity index (χ2v) is 11.4. The van der Waals surface area contributed by atoms with Crippen molar-refractivity contribution in [2.24, 2.45) is 17.6 Å². The number of amides is 2. The minimum atomic E-state index is -0.500. The number of benzene rings is 1. The molecule has 3 atom stereocenters. The Balaban J connectivity index is 1.11. The van der Waals surface area contributed by atoms with Crippen molar-refractivity contribution in [1.82, 2.24) is 10.3 Å². The first-order chi connectivity index (χ1) is 17.9. The maximum atomic E-state index is 13.2. The van der Waals surface area contributed by atoms with E-state index in [1.54, 1.807) is 24.4 Å². The van der Waals surface area contributed by atoms with Crippen LogP contribution in [0.25, 0.3) is 0 Å². The largest absolute Gasteiger partial charge is 0.382 e. The van der Waals surface area contributed by atoms with Crippen LogP contribution in [0.5, 0.6) is 0 Å². The molecule has 4 N–H and O–H groups in total. The predicted molar refractivity (Wildman–Crippen MR) is 142 cm³/mol. The number of aromatic nitrogens is 1. The number of hydrogen-bond donors (Lipinski definition) is 3. The van der Waals surface area contributed by atoms with Gasteiger partial charge in [-0.05, 0) is 94.5 Å². The number of carbonyl (C=O) groups excluding carboxylic acids is 3. The number of fused-ring (bicyclic) bond motifs is 2. The highest BCUT2D eigenvalue weighted by Crippen LogP contribution is 2.39. The van der Waals surface area contributed by atoms with Gasteiger partial charge in [0.15, 0.2) is 5.78 Å². The summed E-state index contributed by atoms with van der Waals surface area (Å²) in [6, 6.07) is 9.92. The number of rotatable bonds is 9. The SMILES string of the molecule is CC(Nc1cc(C(=O)NC2CC3CCC(C2)N3c2ccc(C(=O)C3CC3)cn2)ccc1C(N)=O)C1CC1. The third-order valence-corrected chi connectivity index (χ3v) is 8.57. The lowest BCUT2D eigenvalue weighted by atomic mass is 9.96. The fraction of sp³-hybridized carbons (Fsp3) is 0.517. The molecule has 1 aromatic heterocycles. The highest BCUT2D eigenvalue weighted by atomic mass is 16.2. The van der Waals surface area contributed by atoms with Crippen LogP contribution in [0.15, 0.2) is 36.5 Å². The zero-order valence-corrected chi connectivity index (χ0v) is 21.3. The molecule has 8 nitrogen and oxygen atoms in total. The minimum Gasteiger partial charge on any atom is -0.382 e. The van der Waals surface area contributed by atoms with Crippen LogP contribution >= 0.6 is 0 Å². The summed E-state index contributed by atoms with van der Waals surface area (Å²) in [5, 5.41) is 6.65. The molecule has 0 radical (unpaired) electrons. The van der Waals surface area contributed by atoms with Gasteiger partial charge in [-0.2, -0.15) is 0 Å². The molecule has 2 aliphatic carbocycles. The Bertz CT molecular complexity index is 1210. The van der Waals surface area contributed by atoms with Gasteiger partial charge in [-0.1, -0.05) is 0 Å². The van der Waals surface area contributed by atoms with E-state index in [9.17, 15) is 14.4 Å². The molecule has 0 spiro atoms. The summed E-state index contributed by atoms with van der Waals surface area (Å²) in [5.74, 6) is 1.31. The molecule has 2 saturated carbocycles. The van der Waals surface area contributed by atoms with Crippen molar-refractivity contribution in [3.63, 3.8) is 0 Å². The predicted octanol–water partition coefficient (Wildman–Crippen LogP) is 3.91. The van der Waals surface area contributed by atoms with Gasteiger partial charge >= 0.3 is 0 Å². The van der Waals surface area contributed by atoms with Crippen LogP contribution < -0.4 is 21.3 Å². The van der Waals surface area contributed by atoms with Gasteiger partial charge in [-0.15, -0.1) is 0 Å². The second-order valence-electron chi connectivity index (χ2n) is 11.4. The third kappa shape index (κ3) is 4.93. The first kappa shape index (κ1) is 23.9. The normalized spacial score (nSPS) is 25.4. The van der Waals surface area contributed by atoms with Crippen LogP contribution in [-0.4, -0.2) is 46.7 Å². The summed E-state index contributed by atoms with van der Waals surface area (Å²) in [4.78, 5) is 44.5. The molecule has 194 valence electrons. The molecule has 6 rings (SSSR count). The Morgan fingerprint density at radius 1 is 0.973 bits per heavy atom. The number of nitrogens with zero attached hydrogens (tertiary/aromatic N) is 2. The van der Waals surface area contributed by atoms with Crippen molar-refractivity contribution in [2.45, 2.75) is 82.5 Å². The van der Waals surface area contributed by atoms with E-state index in [4.69, 9.17) is 5.73 Å². The maximum Gasteiger partial charge on any atom is 0.251 e. The molecule has 2 saturated heterocycles. The Morgan fingerprint density at radius 3 is 2.27 bits per heavy atom. The van der Waals surface area contributed by atoms with Crippen molar-refractivity contribution in [2.75, 3.05) is 10.2 Å². The summed E-state index contributed by atoms with van der Waals surface area (Å²) >= 11 is 0. The molecule has 2 bridgehead atoms. The molecule has 2 amide bonds. The first-order valence-corrected chi connectivity index (χ1v) is 13.7. The van der Waals surface area contributed by atoms with Gasteiger partial charge in [0.05, 0.1) is 5.56 Å². The number of pyridine rings is 1. The van der Waals surface area contributed by atoms with Crippen LogP contribution in [0.4, 0.5) is 11.5 Å². The lowest BCUT2D eigenvalue weighted by Crippen LogP contribution is -2.50. The van der Waals surface area contributed by atoms with Crippen molar-refractivity contribution < 1.29 is 14.4 Å². The van der Waals surface area contributed by atoms with E-state index < -0.39 is 5.91 Å². The van der Waals surface area contributed by atoms with E-state index in [1.807, 2.05) is 12.1 Å². The zero-order chi connectivity index (χ0) is 25.7. The van der Waals surface area contributed by atoms with E-state index in [1.165, 1.54) is 12.8 Å². The van der Waals surface area contributed by atoms with Crippen molar-refractivity contribution in [1.29, 1.82) is 0 Å². The van der Waals surface area contributed by atoms with Crippen LogP contribution in [0.2, 0.25) is 0 Å². The number of nitrogens with one attached hydrogen (secondary N) is 2. The average molecular weight is 502 g/mol. The quantitative estimate of drug-likeness (QED) is 0.449. The second kappa shape index (κ2) is 9.47. The van der Waals surface area contributed by atoms with E-state index in [0.717, 1.165) is 44.3 Å². The van der Waals surface area contributed by atoms with Gasteiger partial charge in [0, 0.05) is 53.1 Å². The Morgan fingerprint density at radius 2 is 1.68 bits per heavy atom. The molecule has 1 aromatic carbocycles. The Labute approximate surface area is 217 Å². The molecular formula is C29H35N5O3. The fourth-order valence-corrected chi connectivity index (χ4v) is 6.18. The third-order valence-electron chi connectivity index (χ3n) is 8.57. The van der Waals surface area contributed by atoms with Crippen molar-refractivity contribution in [3.05, 3.63) is 53.2 Å². The number of nitrogens with two attached hydrogens (primary N) is 1. The summed E-state index contributed by atoms with van der Waals surface area (Å²) < 4.78 is 0. The molecule has 37 heavy (non-hydrogen) atoms. The zero-order valence-electron chi connectivity index (χ0n) is 21.3. The number of Topliss-reactive ketones (excluding diaryl/α,β-unsaturated/α-hetero) is 1. The number of primary amides is 1. The molecule has 4 aliphatic rings. The number of carbonyl (C=O) groups is 3. The van der Waals surface area contributed by atoms with E-state index >= 15 is 0 Å². The molecular weight excluding hydrogens is 466 g/mol. The van der Waals surface area contributed by atoms with Crippen LogP contribution in [0.1, 0.15) is 89.4 Å². The van der Waals surface area contributed by atoms with Crippen molar-refractivity contribution >= 4 is 29.1 Å². The monoisotopic (exact) mass is 501 g/mol. The van der Waals surface area contributed by atoms with Crippen LogP contribution in [-0.2, 0) is 0 Å². The average Bonchev–Trinajstić information content (AvgIpc) is 3.80. The van der Waals surface area contributed by atoms with Gasteiger partial charge in [0.2, 0.25) is 0 Å². The number of hydrogen-bond acceptors (Lipinski definition) is 6. The van der Waals surface area contributed by atoms with Gasteiger partial charge < -0.3 is 21.3 Å². The summed E-state index contributed by atoms with van der Waals surface area (Å²) in [5.41, 5.74) is 7.87. The lowest BCUT2D eigenvalue weighted by Gasteiger charge is -2.40. The smallest absolute Gasteiger partial charge is 0.251 e. The van der Waals surface area contributed by atoms with Gasteiger partial charge in [0.25, 0.3) is 11.8 Å². The highest BCUT2D eigenvalue weighted by molar-refractivity contribution is 6.02. The number of anilines is 2. The van der Waals surface area contributed by atoms with E-state index in [2.05, 4.69) is 27.4 Å². The van der Waals surface area contributed by atoms with Gasteiger partial charge in [-0.25, -0.2) is 4.98 Å². The van der Waals surface area contributed by atoms with E-state index in [0.29, 0.717) is 40.4 Å². The molecule has 3 heterocycles. The van der Waals surface area contributed by atoms with E-state index in [-0.39, 0.29) is 29.7 Å². The fourth-order valence-electron chi connectivity index (χ4n) is 6.18. The molecule has 8 heteroatoms. The summed E-state index contributed by atoms with van der Waals surface area (Å²) in [6.45, 7) is 2.10. The number of ketones is 1. The molecule has 2 aromatic rings. The minimum absolute atomic E-state index is 0.0783. The Hall–Kier alpha value is -3.42. The number of piperidine rings is 1. The molecule has 3 unspecified atom stereocenters. The van der Waals surface area contributed by atoms with Gasteiger partial charge in [-0.3, -0.25) is 14.4 Å². The topological polar surface area (TPSA) is 117 Å². The van der Waals surface area contributed by atoms with Crippen molar-refractivity contribution in [3.8, 4) is 0 Å². The van der Waals surface area contributed by atoms with Gasteiger partial charge in [0.1, 0.15) is 5.82 Å². The van der Waals surface area contributed by atoms with Crippen LogP contribution in [0, 0.1) is 11.8 Å². The van der Waals surface area contributed by atoms with Crippen LogP contribution in [0.3, 0.4) is 0 Å². The lowest BCUT2D eigenvalue weighted by molar-refractivity contribution is 0.0924. The summed E-state index contributed by atoms with van der Waals surface area (Å²) in [7, 11) is 0. The summed E-state index contributed by atoms with van der Waals surface area (Å²) in [6.07, 6.45) is 9.94. The molecule has 2 aliphatic heterocycles. The Kier molecular flexibility index (Phi) is 6.13. The maximum absolute atomic E-state index is 13.2. The first-order valence-electron chi connectivity index (χ1n) is 13.7.